The van der Waals surface area contributed by atoms with E-state index in [2.05, 4.69) is 27.1 Å². The maximum Gasteiger partial charge on any atom is 0.329 e. The molecule has 1 N–H and O–H groups in total. The van der Waals surface area contributed by atoms with E-state index in [0.29, 0.717) is 18.1 Å². The molecule has 2 amide bonds. The number of nitrogens with zero attached hydrogens (tertiary/aromatic N) is 5. The largest absolute Gasteiger partial charge is 0.366 e. The summed E-state index contributed by atoms with van der Waals surface area (Å²) in [6.45, 7) is 5.02. The molecule has 2 bridgehead atoms. The van der Waals surface area contributed by atoms with Gasteiger partial charge in [0.25, 0.3) is 0 Å². The van der Waals surface area contributed by atoms with Gasteiger partial charge in [0.15, 0.2) is 11.7 Å². The lowest BCUT2D eigenvalue weighted by Crippen LogP contribution is -2.53. The Morgan fingerprint density at radius 1 is 1.55 bits per heavy atom. The number of rotatable bonds is 2. The molecule has 1 aromatic heterocycles. The zero-order chi connectivity index (χ0) is 15.5. The summed E-state index contributed by atoms with van der Waals surface area (Å²) in [5.74, 6) is 0.301. The molecule has 22 heavy (non-hydrogen) atoms. The van der Waals surface area contributed by atoms with Crippen LogP contribution in [0.4, 0.5) is 15.1 Å². The predicted octanol–water partition coefficient (Wildman–Crippen LogP) is 1.75. The summed E-state index contributed by atoms with van der Waals surface area (Å²) in [5, 5.41) is 5.44. The van der Waals surface area contributed by atoms with Crippen molar-refractivity contribution in [2.24, 2.45) is 5.21 Å². The Balaban J connectivity index is 1.89. The lowest BCUT2D eigenvalue weighted by atomic mass is 10.1. The summed E-state index contributed by atoms with van der Waals surface area (Å²) >= 11 is 0. The molecule has 7 nitrogen and oxygen atoms in total. The Morgan fingerprint density at radius 3 is 3.09 bits per heavy atom. The van der Waals surface area contributed by atoms with Gasteiger partial charge in [-0.05, 0) is 12.5 Å². The van der Waals surface area contributed by atoms with E-state index in [1.54, 1.807) is 12.2 Å². The molecule has 0 aromatic carbocycles. The molecular formula is C14H15FN6O. The number of hydrogen-bond acceptors (Lipinski definition) is 5. The summed E-state index contributed by atoms with van der Waals surface area (Å²) in [7, 11) is 0. The minimum atomic E-state index is -0.474. The van der Waals surface area contributed by atoms with E-state index >= 15 is 0 Å². The molecule has 0 spiro atoms. The fourth-order valence-electron chi connectivity index (χ4n) is 2.78. The van der Waals surface area contributed by atoms with Crippen molar-refractivity contribution in [3.8, 4) is 0 Å². The fourth-order valence-corrected chi connectivity index (χ4v) is 2.78. The first kappa shape index (κ1) is 14.2. The number of nitrogens with one attached hydrogen (secondary N) is 1. The number of fused-ring (bicyclic) bond motifs is 2. The Bertz CT molecular complexity index is 644. The second-order valence-corrected chi connectivity index (χ2v) is 4.98. The Morgan fingerprint density at radius 2 is 2.41 bits per heavy atom. The van der Waals surface area contributed by atoms with E-state index in [-0.39, 0.29) is 11.9 Å². The quantitative estimate of drug-likeness (QED) is 0.903. The number of piperazine rings is 1. The van der Waals surface area contributed by atoms with E-state index in [9.17, 15) is 9.28 Å². The summed E-state index contributed by atoms with van der Waals surface area (Å²) in [4.78, 5) is 23.7. The third kappa shape index (κ3) is 2.43. The van der Waals surface area contributed by atoms with Crippen molar-refractivity contribution in [3.63, 3.8) is 0 Å². The van der Waals surface area contributed by atoms with Gasteiger partial charge in [0.05, 0.1) is 17.9 Å². The van der Waals surface area contributed by atoms with Crippen molar-refractivity contribution in [2.75, 3.05) is 18.4 Å². The molecule has 3 heterocycles. The van der Waals surface area contributed by atoms with Gasteiger partial charge in [0, 0.05) is 25.5 Å². The predicted molar refractivity (Wildman–Crippen MR) is 79.7 cm³/mol. The number of anilines is 1. The van der Waals surface area contributed by atoms with Crippen molar-refractivity contribution >= 4 is 17.7 Å². The Hall–Kier alpha value is -2.77. The van der Waals surface area contributed by atoms with Crippen LogP contribution in [-0.4, -0.2) is 50.8 Å². The number of carbonyl (C=O) groups excluding carboxylic acids is 1. The summed E-state index contributed by atoms with van der Waals surface area (Å²) in [6.07, 6.45) is 8.36. The van der Waals surface area contributed by atoms with Crippen LogP contribution >= 0.6 is 0 Å². The van der Waals surface area contributed by atoms with Crippen LogP contribution in [0.25, 0.3) is 0 Å². The molecule has 2 saturated heterocycles. The van der Waals surface area contributed by atoms with Gasteiger partial charge in [-0.1, -0.05) is 22.4 Å². The van der Waals surface area contributed by atoms with Crippen LogP contribution in [0.2, 0.25) is 0 Å². The number of carbonyl (C=O) groups is 1. The van der Waals surface area contributed by atoms with Gasteiger partial charge < -0.3 is 4.90 Å². The first-order valence-corrected chi connectivity index (χ1v) is 6.88. The van der Waals surface area contributed by atoms with Gasteiger partial charge in [0.1, 0.15) is 0 Å². The highest BCUT2D eigenvalue weighted by molar-refractivity contribution is 6.11. The van der Waals surface area contributed by atoms with E-state index < -0.39 is 6.03 Å². The van der Waals surface area contributed by atoms with Crippen LogP contribution in [0.3, 0.4) is 0 Å². The maximum absolute atomic E-state index is 13.2. The zero-order valence-electron chi connectivity index (χ0n) is 11.8. The van der Waals surface area contributed by atoms with Crippen molar-refractivity contribution in [3.05, 3.63) is 43.0 Å². The number of allylic oxidation sites excluding steroid dienone is 2. The second-order valence-electron chi connectivity index (χ2n) is 4.98. The van der Waals surface area contributed by atoms with Crippen molar-refractivity contribution in [1.82, 2.24) is 19.8 Å². The molecule has 0 aliphatic carbocycles. The SMILES string of the molecule is C=C/C=C1\C(=NF)N(C(=O)Nc2cnccn2)[C@H]2CCN1C2. The normalized spacial score (nSPS) is 24.0. The van der Waals surface area contributed by atoms with E-state index in [4.69, 9.17) is 0 Å². The Labute approximate surface area is 126 Å². The molecule has 0 radical (unpaired) electrons. The van der Waals surface area contributed by atoms with Gasteiger partial charge >= 0.3 is 6.03 Å². The first-order valence-electron chi connectivity index (χ1n) is 6.88. The van der Waals surface area contributed by atoms with Gasteiger partial charge in [-0.3, -0.25) is 15.2 Å². The number of amidine groups is 1. The fraction of sp³-hybridized carbons (Fsp3) is 0.286. The summed E-state index contributed by atoms with van der Waals surface area (Å²) in [5.41, 5.74) is 0.556. The lowest BCUT2D eigenvalue weighted by Gasteiger charge is -2.36. The van der Waals surface area contributed by atoms with Crippen LogP contribution in [-0.2, 0) is 0 Å². The van der Waals surface area contributed by atoms with Crippen LogP contribution in [0.15, 0.2) is 48.2 Å². The van der Waals surface area contributed by atoms with Crippen LogP contribution < -0.4 is 5.32 Å². The van der Waals surface area contributed by atoms with E-state index in [0.717, 1.165) is 13.0 Å². The topological polar surface area (TPSA) is 73.7 Å². The number of hydrogen-bond donors (Lipinski definition) is 1. The third-order valence-corrected chi connectivity index (χ3v) is 3.70. The molecule has 0 saturated carbocycles. The minimum absolute atomic E-state index is 0.00459. The average molecular weight is 302 g/mol. The highest BCUT2D eigenvalue weighted by atomic mass is 19.2. The van der Waals surface area contributed by atoms with Crippen molar-refractivity contribution in [2.45, 2.75) is 12.5 Å². The molecule has 2 aliphatic rings. The van der Waals surface area contributed by atoms with Gasteiger partial charge in [-0.25, -0.2) is 9.78 Å². The number of amides is 2. The molecular weight excluding hydrogens is 287 g/mol. The molecule has 2 fully saturated rings. The average Bonchev–Trinajstić information content (AvgIpc) is 2.95. The van der Waals surface area contributed by atoms with Crippen LogP contribution in [0.5, 0.6) is 0 Å². The summed E-state index contributed by atoms with van der Waals surface area (Å²) < 4.78 is 13.2. The second kappa shape index (κ2) is 5.92. The monoisotopic (exact) mass is 302 g/mol. The minimum Gasteiger partial charge on any atom is -0.366 e. The number of halogens is 1. The van der Waals surface area contributed by atoms with Gasteiger partial charge in [0.2, 0.25) is 0 Å². The molecule has 2 aliphatic heterocycles. The molecule has 8 heteroatoms. The van der Waals surface area contributed by atoms with Gasteiger partial charge in [-0.2, -0.15) is 0 Å². The molecule has 1 atom stereocenters. The van der Waals surface area contributed by atoms with Crippen LogP contribution in [0, 0.1) is 0 Å². The number of aromatic nitrogens is 2. The molecule has 114 valence electrons. The van der Waals surface area contributed by atoms with Gasteiger partial charge in [-0.15, -0.1) is 0 Å². The summed E-state index contributed by atoms with van der Waals surface area (Å²) in [6, 6.07) is -0.591. The number of urea groups is 1. The van der Waals surface area contributed by atoms with Crippen LogP contribution in [0.1, 0.15) is 6.42 Å². The maximum atomic E-state index is 13.2. The first-order chi connectivity index (χ1) is 10.7. The molecule has 1 aromatic rings. The standard InChI is InChI=1S/C14H15FN6O/c1-2-3-11-13(19-15)21(10-4-7-20(11)9-10)14(22)18-12-8-16-5-6-17-12/h2-3,5-6,8,10H,1,4,7,9H2,(H,17,18,22)/b11-3+,19-13?/t10-/m0/s1. The van der Waals surface area contributed by atoms with Crippen molar-refractivity contribution < 1.29 is 9.28 Å². The molecule has 0 unspecified atom stereocenters. The highest BCUT2D eigenvalue weighted by Crippen LogP contribution is 2.29. The smallest absolute Gasteiger partial charge is 0.329 e. The molecule has 3 rings (SSSR count). The van der Waals surface area contributed by atoms with E-state index in [1.807, 2.05) is 4.90 Å². The van der Waals surface area contributed by atoms with E-state index in [1.165, 1.54) is 23.5 Å². The Kier molecular flexibility index (Phi) is 3.82. The zero-order valence-corrected chi connectivity index (χ0v) is 11.8. The highest BCUT2D eigenvalue weighted by Gasteiger charge is 2.42. The third-order valence-electron chi connectivity index (χ3n) is 3.70. The van der Waals surface area contributed by atoms with Crippen molar-refractivity contribution in [1.29, 1.82) is 0 Å². The lowest BCUT2D eigenvalue weighted by molar-refractivity contribution is 0.214.